The molecule has 0 bridgehead atoms. The molecule has 5 N–H and O–H groups in total. The maximum Gasteiger partial charge on any atom is 0.382 e. The molecular weight excluding hydrogens is 596 g/mol. The summed E-state index contributed by atoms with van der Waals surface area (Å²) in [4.78, 5) is 51.1. The molecular formula is C32H42F4N4O5. The Bertz CT molecular complexity index is 1320. The second-order valence-corrected chi connectivity index (χ2v) is 11.9. The summed E-state index contributed by atoms with van der Waals surface area (Å²) in [6, 6.07) is 6.58. The van der Waals surface area contributed by atoms with Gasteiger partial charge >= 0.3 is 11.9 Å². The Morgan fingerprint density at radius 2 is 1.20 bits per heavy atom. The average Bonchev–Trinajstić information content (AvgIpc) is 2.95. The Kier molecular flexibility index (Phi) is 12.7. The van der Waals surface area contributed by atoms with E-state index in [1.54, 1.807) is 0 Å². The van der Waals surface area contributed by atoms with Crippen molar-refractivity contribution in [3.05, 3.63) is 70.8 Å². The molecule has 3 unspecified atom stereocenters. The van der Waals surface area contributed by atoms with Crippen LogP contribution in [0.4, 0.5) is 17.6 Å². The number of halogens is 4. The Morgan fingerprint density at radius 1 is 0.756 bits per heavy atom. The van der Waals surface area contributed by atoms with Gasteiger partial charge in [-0.25, -0.2) is 13.6 Å². The highest BCUT2D eigenvalue weighted by Gasteiger charge is 2.44. The first kappa shape index (κ1) is 37.2. The van der Waals surface area contributed by atoms with Gasteiger partial charge in [-0.1, -0.05) is 61.9 Å². The van der Waals surface area contributed by atoms with Crippen molar-refractivity contribution in [1.82, 2.24) is 16.0 Å². The van der Waals surface area contributed by atoms with Crippen molar-refractivity contribution in [2.45, 2.75) is 95.9 Å². The van der Waals surface area contributed by atoms with Gasteiger partial charge in [0.15, 0.2) is 0 Å². The van der Waals surface area contributed by atoms with E-state index in [1.165, 1.54) is 64.2 Å². The third-order valence-electron chi connectivity index (χ3n) is 6.76. The first-order valence-corrected chi connectivity index (χ1v) is 14.5. The molecule has 0 aliphatic heterocycles. The van der Waals surface area contributed by atoms with E-state index in [2.05, 4.69) is 16.0 Å². The van der Waals surface area contributed by atoms with Crippen molar-refractivity contribution in [3.63, 3.8) is 0 Å². The molecule has 2 aromatic carbocycles. The van der Waals surface area contributed by atoms with Gasteiger partial charge in [-0.05, 0) is 38.3 Å². The number of hydrogen-bond donors (Lipinski definition) is 4. The standard InChI is InChI=1S/C32H42F4N4O5/c1-7-8-23(37)26(41)39-25(18-20-11-15-22(16-12-20)32(35,36)29(44)45-30(2,3)4)28(43)40-24(27(42)38-6)17-19-9-13-21(14-10-19)31(5,33)34/h9-16,23-25H,7-8,17-18,37H2,1-6H3,(H,38,42)(H,39,41)(H,40,43). The lowest BCUT2D eigenvalue weighted by Gasteiger charge is -2.25. The smallest absolute Gasteiger partial charge is 0.382 e. The summed E-state index contributed by atoms with van der Waals surface area (Å²) >= 11 is 0. The van der Waals surface area contributed by atoms with Crippen LogP contribution in [0.5, 0.6) is 0 Å². The predicted octanol–water partition coefficient (Wildman–Crippen LogP) is 3.86. The molecule has 0 radical (unpaired) electrons. The van der Waals surface area contributed by atoms with Crippen molar-refractivity contribution >= 4 is 23.7 Å². The fraction of sp³-hybridized carbons (Fsp3) is 0.500. The van der Waals surface area contributed by atoms with Gasteiger partial charge in [0.05, 0.1) is 6.04 Å². The predicted molar refractivity (Wildman–Crippen MR) is 160 cm³/mol. The molecule has 0 aromatic heterocycles. The monoisotopic (exact) mass is 638 g/mol. The molecule has 0 aliphatic rings. The molecule has 0 saturated carbocycles. The zero-order chi connectivity index (χ0) is 34.2. The maximum atomic E-state index is 14.8. The molecule has 3 atom stereocenters. The van der Waals surface area contributed by atoms with Crippen LogP contribution in [-0.2, 0) is 48.6 Å². The summed E-state index contributed by atoms with van der Waals surface area (Å²) in [6.45, 7) is 6.99. The van der Waals surface area contributed by atoms with Gasteiger partial charge in [0.1, 0.15) is 17.7 Å². The zero-order valence-electron chi connectivity index (χ0n) is 26.3. The molecule has 0 saturated heterocycles. The summed E-state index contributed by atoms with van der Waals surface area (Å²) in [5, 5.41) is 7.61. The van der Waals surface area contributed by atoms with Crippen molar-refractivity contribution in [1.29, 1.82) is 0 Å². The molecule has 2 rings (SSSR count). The highest BCUT2D eigenvalue weighted by molar-refractivity contribution is 5.93. The Balaban J connectivity index is 2.31. The van der Waals surface area contributed by atoms with E-state index in [0.717, 1.165) is 19.1 Å². The van der Waals surface area contributed by atoms with E-state index < -0.39 is 64.8 Å². The van der Waals surface area contributed by atoms with Crippen molar-refractivity contribution in [2.24, 2.45) is 5.73 Å². The number of benzene rings is 2. The zero-order valence-corrected chi connectivity index (χ0v) is 26.3. The molecule has 2 aromatic rings. The van der Waals surface area contributed by atoms with Crippen LogP contribution in [0.25, 0.3) is 0 Å². The molecule has 0 fully saturated rings. The average molecular weight is 639 g/mol. The lowest BCUT2D eigenvalue weighted by Crippen LogP contribution is -2.56. The van der Waals surface area contributed by atoms with Crippen LogP contribution in [0.1, 0.15) is 69.7 Å². The van der Waals surface area contributed by atoms with Gasteiger partial charge < -0.3 is 26.4 Å². The van der Waals surface area contributed by atoms with Crippen LogP contribution in [0.2, 0.25) is 0 Å². The Labute approximate surface area is 260 Å². The third-order valence-corrected chi connectivity index (χ3v) is 6.76. The molecule has 0 aliphatic carbocycles. The summed E-state index contributed by atoms with van der Waals surface area (Å²) in [6.07, 6.45) is 0.712. The van der Waals surface area contributed by atoms with Crippen LogP contribution in [0.15, 0.2) is 48.5 Å². The van der Waals surface area contributed by atoms with Gasteiger partial charge in [-0.15, -0.1) is 0 Å². The van der Waals surface area contributed by atoms with Gasteiger partial charge in [0, 0.05) is 37.9 Å². The van der Waals surface area contributed by atoms with Gasteiger partial charge in [-0.2, -0.15) is 8.78 Å². The molecule has 9 nitrogen and oxygen atoms in total. The minimum Gasteiger partial charge on any atom is -0.455 e. The number of hydrogen-bond acceptors (Lipinski definition) is 6. The summed E-state index contributed by atoms with van der Waals surface area (Å²) in [5.74, 6) is -10.7. The van der Waals surface area contributed by atoms with E-state index in [1.807, 2.05) is 6.92 Å². The van der Waals surface area contributed by atoms with Crippen molar-refractivity contribution < 1.29 is 41.5 Å². The summed E-state index contributed by atoms with van der Waals surface area (Å²) in [7, 11) is 1.36. The normalized spacial score (nSPS) is 14.1. The first-order chi connectivity index (χ1) is 20.8. The highest BCUT2D eigenvalue weighted by atomic mass is 19.3. The molecule has 248 valence electrons. The van der Waals surface area contributed by atoms with Gasteiger partial charge in [0.2, 0.25) is 17.7 Å². The number of nitrogens with one attached hydrogen (secondary N) is 3. The minimum atomic E-state index is -3.93. The van der Waals surface area contributed by atoms with Gasteiger partial charge in [-0.3, -0.25) is 14.4 Å². The third kappa shape index (κ3) is 11.1. The van der Waals surface area contributed by atoms with E-state index in [0.29, 0.717) is 24.0 Å². The number of ether oxygens (including phenoxy) is 1. The Hall–Kier alpha value is -4.00. The van der Waals surface area contributed by atoms with Crippen LogP contribution in [-0.4, -0.2) is 54.5 Å². The second-order valence-electron chi connectivity index (χ2n) is 11.9. The molecule has 0 heterocycles. The lowest BCUT2D eigenvalue weighted by atomic mass is 9.99. The highest BCUT2D eigenvalue weighted by Crippen LogP contribution is 2.31. The van der Waals surface area contributed by atoms with Crippen LogP contribution in [0.3, 0.4) is 0 Å². The molecule has 13 heteroatoms. The largest absolute Gasteiger partial charge is 0.455 e. The fourth-order valence-electron chi connectivity index (χ4n) is 4.30. The number of likely N-dealkylation sites (N-methyl/N-ethyl adjacent to an activating group) is 1. The number of alkyl halides is 4. The molecule has 45 heavy (non-hydrogen) atoms. The molecule has 3 amide bonds. The lowest BCUT2D eigenvalue weighted by molar-refractivity contribution is -0.185. The molecule has 0 spiro atoms. The number of esters is 1. The first-order valence-electron chi connectivity index (χ1n) is 14.5. The number of carbonyl (C=O) groups is 4. The summed E-state index contributed by atoms with van der Waals surface area (Å²) < 4.78 is 61.6. The van der Waals surface area contributed by atoms with E-state index >= 15 is 0 Å². The van der Waals surface area contributed by atoms with Crippen LogP contribution < -0.4 is 21.7 Å². The number of rotatable bonds is 14. The van der Waals surface area contributed by atoms with Gasteiger partial charge in [0.25, 0.3) is 5.92 Å². The van der Waals surface area contributed by atoms with E-state index in [9.17, 15) is 36.7 Å². The van der Waals surface area contributed by atoms with Crippen molar-refractivity contribution in [2.75, 3.05) is 7.05 Å². The maximum absolute atomic E-state index is 14.8. The second kappa shape index (κ2) is 15.3. The number of carbonyl (C=O) groups excluding carboxylic acids is 4. The number of nitrogens with two attached hydrogens (primary N) is 1. The van der Waals surface area contributed by atoms with Crippen molar-refractivity contribution in [3.8, 4) is 0 Å². The fourth-order valence-corrected chi connectivity index (χ4v) is 4.30. The van der Waals surface area contributed by atoms with Crippen LogP contribution in [0, 0.1) is 0 Å². The van der Waals surface area contributed by atoms with E-state index in [-0.39, 0.29) is 18.4 Å². The summed E-state index contributed by atoms with van der Waals surface area (Å²) in [5.41, 5.74) is 4.82. The minimum absolute atomic E-state index is 0.0502. The van der Waals surface area contributed by atoms with E-state index in [4.69, 9.17) is 10.5 Å². The Morgan fingerprint density at radius 3 is 1.62 bits per heavy atom. The number of amides is 3. The topological polar surface area (TPSA) is 140 Å². The SMILES string of the molecule is CCCC(N)C(=O)NC(Cc1ccc(C(F)(F)C(=O)OC(C)(C)C)cc1)C(=O)NC(Cc1ccc(C(C)(F)F)cc1)C(=O)NC. The van der Waals surface area contributed by atoms with Crippen LogP contribution >= 0.6 is 0 Å². The quantitative estimate of drug-likeness (QED) is 0.183.